The number of rotatable bonds is 4. The number of benzene rings is 2. The van der Waals surface area contributed by atoms with E-state index >= 15 is 0 Å². The van der Waals surface area contributed by atoms with E-state index in [0.717, 1.165) is 5.56 Å². The van der Waals surface area contributed by atoms with Gasteiger partial charge in [0, 0.05) is 16.1 Å². The molecule has 0 amide bonds. The Kier molecular flexibility index (Phi) is 4.13. The minimum absolute atomic E-state index is 0.0125. The molecule has 0 aliphatic heterocycles. The molecule has 92 valence electrons. The van der Waals surface area contributed by atoms with Crippen LogP contribution in [0.3, 0.4) is 0 Å². The summed E-state index contributed by atoms with van der Waals surface area (Å²) in [6.07, 6.45) is 0.697. The molecule has 2 rings (SSSR count). The van der Waals surface area contributed by atoms with Crippen LogP contribution < -0.4 is 5.73 Å². The number of ketones is 1. The molecule has 2 aromatic rings. The molecule has 0 fully saturated rings. The van der Waals surface area contributed by atoms with E-state index in [1.807, 2.05) is 24.3 Å². The summed E-state index contributed by atoms with van der Waals surface area (Å²) in [7, 11) is 0. The van der Waals surface area contributed by atoms with Crippen molar-refractivity contribution in [1.82, 2.24) is 0 Å². The molecule has 0 bridgehead atoms. The molecular weight excluding hydrogens is 246 g/mol. The van der Waals surface area contributed by atoms with Crippen LogP contribution in [0.15, 0.2) is 48.5 Å². The summed E-state index contributed by atoms with van der Waals surface area (Å²) >= 11 is 5.91. The van der Waals surface area contributed by atoms with Crippen LogP contribution in [0.2, 0.25) is 5.02 Å². The van der Waals surface area contributed by atoms with Crippen molar-refractivity contribution in [3.8, 4) is 0 Å². The molecule has 0 heterocycles. The van der Waals surface area contributed by atoms with Gasteiger partial charge >= 0.3 is 0 Å². The Morgan fingerprint density at radius 1 is 1.11 bits per heavy atom. The molecule has 0 atom stereocenters. The Labute approximate surface area is 111 Å². The Morgan fingerprint density at radius 2 is 1.89 bits per heavy atom. The minimum atomic E-state index is -0.0125. The van der Waals surface area contributed by atoms with E-state index in [1.54, 1.807) is 24.3 Å². The minimum Gasteiger partial charge on any atom is -0.330 e. The summed E-state index contributed by atoms with van der Waals surface area (Å²) < 4.78 is 0. The Hall–Kier alpha value is -1.64. The highest BCUT2D eigenvalue weighted by atomic mass is 35.5. The number of nitrogens with two attached hydrogens (primary N) is 1. The third-order valence-electron chi connectivity index (χ3n) is 2.76. The second kappa shape index (κ2) is 5.80. The summed E-state index contributed by atoms with van der Waals surface area (Å²) in [6, 6.07) is 14.5. The van der Waals surface area contributed by atoms with Crippen LogP contribution in [0.4, 0.5) is 0 Å². The van der Waals surface area contributed by atoms with E-state index in [-0.39, 0.29) is 5.78 Å². The zero-order valence-electron chi connectivity index (χ0n) is 9.90. The van der Waals surface area contributed by atoms with Crippen molar-refractivity contribution in [2.24, 2.45) is 5.73 Å². The molecule has 0 unspecified atom stereocenters. The molecule has 0 aliphatic rings. The SMILES string of the molecule is NCCc1ccccc1C(=O)c1cccc(Cl)c1. The lowest BCUT2D eigenvalue weighted by Gasteiger charge is -2.07. The Morgan fingerprint density at radius 3 is 2.61 bits per heavy atom. The van der Waals surface area contributed by atoms with Gasteiger partial charge in [-0.1, -0.05) is 48.0 Å². The molecule has 0 saturated heterocycles. The van der Waals surface area contributed by atoms with Crippen LogP contribution in [0.1, 0.15) is 21.5 Å². The first-order valence-electron chi connectivity index (χ1n) is 5.80. The van der Waals surface area contributed by atoms with Crippen LogP contribution >= 0.6 is 11.6 Å². The molecule has 0 radical (unpaired) electrons. The second-order valence-corrected chi connectivity index (χ2v) is 4.47. The molecule has 0 saturated carbocycles. The monoisotopic (exact) mass is 259 g/mol. The van der Waals surface area contributed by atoms with Gasteiger partial charge in [0.2, 0.25) is 0 Å². The van der Waals surface area contributed by atoms with Crippen molar-refractivity contribution in [2.75, 3.05) is 6.54 Å². The van der Waals surface area contributed by atoms with Gasteiger partial charge in [0.05, 0.1) is 0 Å². The van der Waals surface area contributed by atoms with Crippen LogP contribution in [0.25, 0.3) is 0 Å². The summed E-state index contributed by atoms with van der Waals surface area (Å²) in [5, 5.41) is 0.567. The number of carbonyl (C=O) groups excluding carboxylic acids is 1. The largest absolute Gasteiger partial charge is 0.330 e. The van der Waals surface area contributed by atoms with E-state index < -0.39 is 0 Å². The maximum atomic E-state index is 12.4. The lowest BCUT2D eigenvalue weighted by molar-refractivity contribution is 0.103. The van der Waals surface area contributed by atoms with Crippen LogP contribution in [0.5, 0.6) is 0 Å². The zero-order chi connectivity index (χ0) is 13.0. The predicted octanol–water partition coefficient (Wildman–Crippen LogP) is 3.07. The van der Waals surface area contributed by atoms with Crippen LogP contribution in [0, 0.1) is 0 Å². The van der Waals surface area contributed by atoms with Gasteiger partial charge < -0.3 is 5.73 Å². The van der Waals surface area contributed by atoms with Crippen molar-refractivity contribution in [3.05, 3.63) is 70.2 Å². The van der Waals surface area contributed by atoms with Crippen molar-refractivity contribution in [1.29, 1.82) is 0 Å². The topological polar surface area (TPSA) is 43.1 Å². The van der Waals surface area contributed by atoms with Crippen LogP contribution in [-0.4, -0.2) is 12.3 Å². The van der Waals surface area contributed by atoms with E-state index in [9.17, 15) is 4.79 Å². The van der Waals surface area contributed by atoms with Gasteiger partial charge in [-0.3, -0.25) is 4.79 Å². The quantitative estimate of drug-likeness (QED) is 0.858. The van der Waals surface area contributed by atoms with Crippen molar-refractivity contribution >= 4 is 17.4 Å². The van der Waals surface area contributed by atoms with Gasteiger partial charge in [-0.05, 0) is 30.7 Å². The van der Waals surface area contributed by atoms with Gasteiger partial charge in [-0.25, -0.2) is 0 Å². The van der Waals surface area contributed by atoms with E-state index in [0.29, 0.717) is 29.1 Å². The highest BCUT2D eigenvalue weighted by molar-refractivity contribution is 6.31. The van der Waals surface area contributed by atoms with Crippen molar-refractivity contribution in [2.45, 2.75) is 6.42 Å². The highest BCUT2D eigenvalue weighted by Gasteiger charge is 2.12. The maximum Gasteiger partial charge on any atom is 0.193 e. The number of hydrogen-bond donors (Lipinski definition) is 1. The molecule has 3 heteroatoms. The smallest absolute Gasteiger partial charge is 0.193 e. The first-order chi connectivity index (χ1) is 8.72. The summed E-state index contributed by atoms with van der Waals surface area (Å²) in [4.78, 5) is 12.4. The Bertz CT molecular complexity index is 566. The highest BCUT2D eigenvalue weighted by Crippen LogP contribution is 2.17. The fraction of sp³-hybridized carbons (Fsp3) is 0.133. The van der Waals surface area contributed by atoms with Gasteiger partial charge in [0.25, 0.3) is 0 Å². The molecule has 2 nitrogen and oxygen atoms in total. The first kappa shape index (κ1) is 12.8. The van der Waals surface area contributed by atoms with Gasteiger partial charge in [0.1, 0.15) is 0 Å². The molecular formula is C15H14ClNO. The third kappa shape index (κ3) is 2.78. The van der Waals surface area contributed by atoms with Gasteiger partial charge in [-0.2, -0.15) is 0 Å². The molecule has 2 N–H and O–H groups in total. The summed E-state index contributed by atoms with van der Waals surface area (Å²) in [5.41, 5.74) is 7.84. The lowest BCUT2D eigenvalue weighted by Crippen LogP contribution is -2.09. The first-order valence-corrected chi connectivity index (χ1v) is 6.18. The molecule has 18 heavy (non-hydrogen) atoms. The maximum absolute atomic E-state index is 12.4. The summed E-state index contributed by atoms with van der Waals surface area (Å²) in [6.45, 7) is 0.528. The van der Waals surface area contributed by atoms with E-state index in [4.69, 9.17) is 17.3 Å². The van der Waals surface area contributed by atoms with Crippen LogP contribution in [-0.2, 0) is 6.42 Å². The van der Waals surface area contributed by atoms with Gasteiger partial charge in [-0.15, -0.1) is 0 Å². The average Bonchev–Trinajstić information content (AvgIpc) is 2.39. The number of carbonyl (C=O) groups is 1. The number of hydrogen-bond acceptors (Lipinski definition) is 2. The van der Waals surface area contributed by atoms with Crippen molar-refractivity contribution in [3.63, 3.8) is 0 Å². The predicted molar refractivity (Wildman–Crippen MR) is 74.1 cm³/mol. The molecule has 0 aliphatic carbocycles. The second-order valence-electron chi connectivity index (χ2n) is 4.04. The fourth-order valence-corrected chi connectivity index (χ4v) is 2.09. The number of halogens is 1. The summed E-state index contributed by atoms with van der Waals surface area (Å²) in [5.74, 6) is -0.0125. The molecule has 0 aromatic heterocycles. The Balaban J connectivity index is 2.40. The van der Waals surface area contributed by atoms with Crippen molar-refractivity contribution < 1.29 is 4.79 Å². The molecule has 0 spiro atoms. The standard InChI is InChI=1S/C15H14ClNO/c16-13-6-3-5-12(10-13)15(18)14-7-2-1-4-11(14)8-9-17/h1-7,10H,8-9,17H2. The van der Waals surface area contributed by atoms with E-state index in [1.165, 1.54) is 0 Å². The molecule has 2 aromatic carbocycles. The lowest BCUT2D eigenvalue weighted by atomic mass is 9.97. The van der Waals surface area contributed by atoms with E-state index in [2.05, 4.69) is 0 Å². The normalized spacial score (nSPS) is 10.3. The van der Waals surface area contributed by atoms with Gasteiger partial charge in [0.15, 0.2) is 5.78 Å². The average molecular weight is 260 g/mol. The third-order valence-corrected chi connectivity index (χ3v) is 3.00. The zero-order valence-corrected chi connectivity index (χ0v) is 10.7. The fourth-order valence-electron chi connectivity index (χ4n) is 1.90.